The standard InChI is InChI=1S/C12H14N4O2/c1-2-18-12(17)9-10(13)15-16(11(9)14)8-6-4-3-5-7-8/h3-7H,2,14H2,1H3,(H2,13,15). The number of hydrogen-bond donors (Lipinski definition) is 2. The van der Waals surface area contributed by atoms with Crippen molar-refractivity contribution in [3.05, 3.63) is 35.9 Å². The van der Waals surface area contributed by atoms with Crippen molar-refractivity contribution in [3.63, 3.8) is 0 Å². The number of ether oxygens (including phenoxy) is 1. The molecule has 1 heterocycles. The van der Waals surface area contributed by atoms with Crippen molar-refractivity contribution >= 4 is 17.6 Å². The van der Waals surface area contributed by atoms with Gasteiger partial charge in [0.25, 0.3) is 0 Å². The van der Waals surface area contributed by atoms with Crippen molar-refractivity contribution < 1.29 is 9.53 Å². The fourth-order valence-electron chi connectivity index (χ4n) is 1.63. The Morgan fingerprint density at radius 1 is 1.33 bits per heavy atom. The molecule has 0 unspecified atom stereocenters. The first-order valence-corrected chi connectivity index (χ1v) is 5.51. The van der Waals surface area contributed by atoms with Crippen molar-refractivity contribution in [1.82, 2.24) is 9.78 Å². The summed E-state index contributed by atoms with van der Waals surface area (Å²) in [5.41, 5.74) is 12.4. The van der Waals surface area contributed by atoms with Crippen LogP contribution in [0.3, 0.4) is 0 Å². The van der Waals surface area contributed by atoms with Crippen LogP contribution in [0, 0.1) is 0 Å². The van der Waals surface area contributed by atoms with E-state index in [2.05, 4.69) is 5.10 Å². The van der Waals surface area contributed by atoms with E-state index in [1.54, 1.807) is 6.92 Å². The SMILES string of the molecule is CCOC(=O)c1c(N)nn(-c2ccccc2)c1N. The van der Waals surface area contributed by atoms with Crippen molar-refractivity contribution in [3.8, 4) is 5.69 Å². The summed E-state index contributed by atoms with van der Waals surface area (Å²) in [4.78, 5) is 11.7. The molecule has 0 amide bonds. The Morgan fingerprint density at radius 2 is 2.00 bits per heavy atom. The Labute approximate surface area is 104 Å². The lowest BCUT2D eigenvalue weighted by molar-refractivity contribution is 0.0529. The van der Waals surface area contributed by atoms with E-state index in [9.17, 15) is 4.79 Å². The first-order chi connectivity index (χ1) is 8.65. The summed E-state index contributed by atoms with van der Waals surface area (Å²) in [6, 6.07) is 9.20. The molecule has 0 saturated carbocycles. The van der Waals surface area contributed by atoms with E-state index in [1.165, 1.54) is 4.68 Å². The number of esters is 1. The lowest BCUT2D eigenvalue weighted by Gasteiger charge is -2.04. The molecule has 0 aliphatic heterocycles. The predicted octanol–water partition coefficient (Wildman–Crippen LogP) is 1.21. The molecule has 94 valence electrons. The molecule has 0 saturated heterocycles. The number of hydrogen-bond acceptors (Lipinski definition) is 5. The third kappa shape index (κ3) is 2.00. The van der Waals surface area contributed by atoms with Crippen LogP contribution >= 0.6 is 0 Å². The summed E-state index contributed by atoms with van der Waals surface area (Å²) in [6.45, 7) is 1.97. The van der Waals surface area contributed by atoms with Gasteiger partial charge in [-0.25, -0.2) is 9.48 Å². The number of carbonyl (C=O) groups is 1. The number of benzene rings is 1. The van der Waals surface area contributed by atoms with Crippen LogP contribution in [-0.2, 0) is 4.74 Å². The maximum absolute atomic E-state index is 11.7. The molecule has 0 fully saturated rings. The molecule has 0 aliphatic rings. The molecule has 2 rings (SSSR count). The average Bonchev–Trinajstić information content (AvgIpc) is 2.66. The van der Waals surface area contributed by atoms with Gasteiger partial charge >= 0.3 is 5.97 Å². The molecule has 6 nitrogen and oxygen atoms in total. The Balaban J connectivity index is 2.47. The van der Waals surface area contributed by atoms with Crippen LogP contribution in [0.1, 0.15) is 17.3 Å². The molecule has 0 radical (unpaired) electrons. The molecule has 1 aromatic carbocycles. The van der Waals surface area contributed by atoms with Gasteiger partial charge in [-0.15, -0.1) is 5.10 Å². The maximum atomic E-state index is 11.7. The number of nitrogen functional groups attached to an aromatic ring is 2. The van der Waals surface area contributed by atoms with Crippen LogP contribution in [0.5, 0.6) is 0 Å². The van der Waals surface area contributed by atoms with Crippen LogP contribution in [0.25, 0.3) is 5.69 Å². The van der Waals surface area contributed by atoms with Gasteiger partial charge in [0.1, 0.15) is 11.4 Å². The van der Waals surface area contributed by atoms with Gasteiger partial charge in [-0.3, -0.25) is 0 Å². The van der Waals surface area contributed by atoms with Crippen LogP contribution in [-0.4, -0.2) is 22.4 Å². The Hall–Kier alpha value is -2.50. The monoisotopic (exact) mass is 246 g/mol. The number of nitrogens with two attached hydrogens (primary N) is 2. The van der Waals surface area contributed by atoms with Crippen molar-refractivity contribution in [2.24, 2.45) is 0 Å². The normalized spacial score (nSPS) is 10.3. The summed E-state index contributed by atoms with van der Waals surface area (Å²) < 4.78 is 6.30. The van der Waals surface area contributed by atoms with Crippen molar-refractivity contribution in [2.45, 2.75) is 6.92 Å². The predicted molar refractivity (Wildman–Crippen MR) is 68.3 cm³/mol. The van der Waals surface area contributed by atoms with E-state index in [0.29, 0.717) is 0 Å². The zero-order chi connectivity index (χ0) is 13.1. The van der Waals surface area contributed by atoms with Gasteiger partial charge in [0.15, 0.2) is 5.82 Å². The van der Waals surface area contributed by atoms with E-state index in [1.807, 2.05) is 30.3 Å². The molecule has 1 aromatic heterocycles. The highest BCUT2D eigenvalue weighted by Gasteiger charge is 2.22. The lowest BCUT2D eigenvalue weighted by Crippen LogP contribution is -2.10. The molecular weight excluding hydrogens is 232 g/mol. The first kappa shape index (κ1) is 12.0. The molecule has 0 aliphatic carbocycles. The molecule has 2 aromatic rings. The van der Waals surface area contributed by atoms with Crippen LogP contribution in [0.2, 0.25) is 0 Å². The van der Waals surface area contributed by atoms with Crippen molar-refractivity contribution in [1.29, 1.82) is 0 Å². The maximum Gasteiger partial charge on any atom is 0.345 e. The smallest absolute Gasteiger partial charge is 0.345 e. The molecule has 0 atom stereocenters. The summed E-state index contributed by atoms with van der Waals surface area (Å²) in [7, 11) is 0. The zero-order valence-electron chi connectivity index (χ0n) is 9.96. The Bertz CT molecular complexity index is 563. The zero-order valence-corrected chi connectivity index (χ0v) is 9.96. The first-order valence-electron chi connectivity index (χ1n) is 5.51. The van der Waals surface area contributed by atoms with Gasteiger partial charge < -0.3 is 16.2 Å². The van der Waals surface area contributed by atoms with Gasteiger partial charge in [-0.2, -0.15) is 0 Å². The topological polar surface area (TPSA) is 96.2 Å². The van der Waals surface area contributed by atoms with Gasteiger partial charge in [0.05, 0.1) is 12.3 Å². The minimum Gasteiger partial charge on any atom is -0.462 e. The fraction of sp³-hybridized carbons (Fsp3) is 0.167. The quantitative estimate of drug-likeness (QED) is 0.793. The molecule has 6 heteroatoms. The molecule has 0 bridgehead atoms. The van der Waals surface area contributed by atoms with E-state index in [-0.39, 0.29) is 23.8 Å². The van der Waals surface area contributed by atoms with Crippen molar-refractivity contribution in [2.75, 3.05) is 18.1 Å². The average molecular weight is 246 g/mol. The number of rotatable bonds is 3. The third-order valence-electron chi connectivity index (χ3n) is 2.43. The molecule has 18 heavy (non-hydrogen) atoms. The minimum atomic E-state index is -0.560. The summed E-state index contributed by atoms with van der Waals surface area (Å²) in [5, 5.41) is 4.05. The van der Waals surface area contributed by atoms with Crippen LogP contribution in [0.15, 0.2) is 30.3 Å². The molecular formula is C12H14N4O2. The summed E-state index contributed by atoms with van der Waals surface area (Å²) in [5.74, 6) is -0.318. The largest absolute Gasteiger partial charge is 0.462 e. The summed E-state index contributed by atoms with van der Waals surface area (Å²) in [6.07, 6.45) is 0. The Morgan fingerprint density at radius 3 is 2.61 bits per heavy atom. The van der Waals surface area contributed by atoms with E-state index >= 15 is 0 Å². The molecule has 0 spiro atoms. The number of aromatic nitrogens is 2. The van der Waals surface area contributed by atoms with Gasteiger partial charge in [0, 0.05) is 0 Å². The second-order valence-corrected chi connectivity index (χ2v) is 3.61. The second kappa shape index (κ2) is 4.79. The van der Waals surface area contributed by atoms with E-state index in [0.717, 1.165) is 5.69 Å². The number of para-hydroxylation sites is 1. The highest BCUT2D eigenvalue weighted by molar-refractivity contribution is 5.99. The van der Waals surface area contributed by atoms with Crippen LogP contribution < -0.4 is 11.5 Å². The number of carbonyl (C=O) groups excluding carboxylic acids is 1. The van der Waals surface area contributed by atoms with Crippen LogP contribution in [0.4, 0.5) is 11.6 Å². The highest BCUT2D eigenvalue weighted by atomic mass is 16.5. The highest BCUT2D eigenvalue weighted by Crippen LogP contribution is 2.23. The second-order valence-electron chi connectivity index (χ2n) is 3.61. The fourth-order valence-corrected chi connectivity index (χ4v) is 1.63. The third-order valence-corrected chi connectivity index (χ3v) is 2.43. The number of anilines is 2. The Kier molecular flexibility index (Phi) is 3.18. The van der Waals surface area contributed by atoms with Gasteiger partial charge in [-0.1, -0.05) is 18.2 Å². The van der Waals surface area contributed by atoms with Gasteiger partial charge in [-0.05, 0) is 19.1 Å². The number of nitrogens with zero attached hydrogens (tertiary/aromatic N) is 2. The minimum absolute atomic E-state index is 0.0646. The molecule has 4 N–H and O–H groups in total. The van der Waals surface area contributed by atoms with E-state index < -0.39 is 5.97 Å². The summed E-state index contributed by atoms with van der Waals surface area (Å²) >= 11 is 0. The van der Waals surface area contributed by atoms with Gasteiger partial charge in [0.2, 0.25) is 0 Å². The lowest BCUT2D eigenvalue weighted by atomic mass is 10.3. The van der Waals surface area contributed by atoms with E-state index in [4.69, 9.17) is 16.2 Å².